The summed E-state index contributed by atoms with van der Waals surface area (Å²) in [6, 6.07) is 37.2. The van der Waals surface area contributed by atoms with Gasteiger partial charge in [-0.3, -0.25) is 0 Å². The average Bonchev–Trinajstić information content (AvgIpc) is 3.74. The van der Waals surface area contributed by atoms with Gasteiger partial charge in [0, 0.05) is 0 Å². The number of alkyl halides is 2. The fraction of sp³-hybridized carbons (Fsp3) is 0.208. The van der Waals surface area contributed by atoms with Gasteiger partial charge in [0.2, 0.25) is 0 Å². The van der Waals surface area contributed by atoms with E-state index in [0.717, 1.165) is 18.0 Å². The van der Waals surface area contributed by atoms with E-state index in [9.17, 15) is 4.39 Å². The molecule has 0 amide bonds. The monoisotopic (exact) mass is 890 g/mol. The van der Waals surface area contributed by atoms with Crippen LogP contribution in [0.5, 0.6) is 0 Å². The molecule has 2 unspecified atom stereocenters. The minimum absolute atomic E-state index is 0.218. The molecule has 4 aliphatic carbocycles. The first-order valence-corrected chi connectivity index (χ1v) is 26.3. The Kier molecular flexibility index (Phi) is 14.2. The van der Waals surface area contributed by atoms with Gasteiger partial charge < -0.3 is 0 Å². The molecule has 0 spiro atoms. The van der Waals surface area contributed by atoms with E-state index in [0.29, 0.717) is 23.7 Å². The van der Waals surface area contributed by atoms with Crippen LogP contribution in [-0.2, 0) is 23.3 Å². The summed E-state index contributed by atoms with van der Waals surface area (Å²) in [4.78, 5) is 0. The fourth-order valence-corrected chi connectivity index (χ4v) is 10.7. The number of halogens is 3. The van der Waals surface area contributed by atoms with Crippen LogP contribution in [0.1, 0.15) is 63.5 Å². The molecule has 288 valence electrons. The predicted octanol–water partition coefficient (Wildman–Crippen LogP) is 14.2. The molecule has 0 radical (unpaired) electrons. The molecule has 2 atom stereocenters. The van der Waals surface area contributed by atoms with Gasteiger partial charge in [-0.15, -0.1) is 47.6 Å². The van der Waals surface area contributed by atoms with Crippen LogP contribution in [0.3, 0.4) is 0 Å². The summed E-state index contributed by atoms with van der Waals surface area (Å²) in [7, 11) is 0. The van der Waals surface area contributed by atoms with Crippen molar-refractivity contribution in [3.05, 3.63) is 220 Å². The van der Waals surface area contributed by atoms with Crippen LogP contribution in [0.4, 0.5) is 4.39 Å². The zero-order chi connectivity index (χ0) is 40.8. The normalized spacial score (nSPS) is 18.1. The molecule has 0 saturated heterocycles. The maximum atomic E-state index is 12.5. The number of benzene rings is 5. The Labute approximate surface area is 369 Å². The van der Waals surface area contributed by atoms with Crippen molar-refractivity contribution in [2.75, 3.05) is 0 Å². The van der Waals surface area contributed by atoms with E-state index in [-0.39, 0.29) is 10.3 Å². The SMILES string of the molecule is CC(C)C1=[C-]C2=CC=CCC(c3cccc4ccccc34)C2=C1.CC(C)C1=[C-]C2=CC=CCC(c3cccc4ccccc34)C2=C1.Fc1ccc([Si](=[Zr+2])C(Cl)Cl)cc1. The van der Waals surface area contributed by atoms with Crippen LogP contribution in [-0.4, -0.2) is 9.89 Å². The molecule has 58 heavy (non-hydrogen) atoms. The Balaban J connectivity index is 0.000000140. The molecular formula is C53H47Cl2FSiZr. The van der Waals surface area contributed by atoms with Crippen LogP contribution >= 0.6 is 23.2 Å². The van der Waals surface area contributed by atoms with Gasteiger partial charge in [0.25, 0.3) is 0 Å². The number of allylic oxidation sites excluding steroid dienone is 16. The first kappa shape index (κ1) is 42.3. The summed E-state index contributed by atoms with van der Waals surface area (Å²) in [5.41, 5.74) is 10.0. The molecule has 5 heteroatoms. The Bertz CT molecular complexity index is 2420. The van der Waals surface area contributed by atoms with Gasteiger partial charge in [-0.2, -0.15) is 34.4 Å². The van der Waals surface area contributed by atoms with E-state index in [1.54, 1.807) is 12.1 Å². The molecule has 5 aromatic rings. The minimum atomic E-state index is -0.847. The Morgan fingerprint density at radius 1 is 0.603 bits per heavy atom. The summed E-state index contributed by atoms with van der Waals surface area (Å²) in [5, 5.41) is 6.48. The Hall–Kier alpha value is -3.85. The van der Waals surface area contributed by atoms with Gasteiger partial charge in [0.1, 0.15) is 0 Å². The van der Waals surface area contributed by atoms with E-state index < -0.39 is 5.43 Å². The van der Waals surface area contributed by atoms with E-state index in [1.165, 1.54) is 102 Å². The van der Waals surface area contributed by atoms with Crippen LogP contribution < -0.4 is 5.19 Å². The van der Waals surface area contributed by atoms with Crippen molar-refractivity contribution >= 4 is 55.4 Å². The van der Waals surface area contributed by atoms with Crippen LogP contribution in [0, 0.1) is 29.8 Å². The fourth-order valence-electron chi connectivity index (χ4n) is 7.96. The third kappa shape index (κ3) is 9.77. The van der Waals surface area contributed by atoms with Crippen molar-refractivity contribution in [3.63, 3.8) is 0 Å². The maximum absolute atomic E-state index is 12.5. The molecule has 0 bridgehead atoms. The molecule has 4 aliphatic rings. The third-order valence-corrected chi connectivity index (χ3v) is 20.8. The second kappa shape index (κ2) is 19.5. The Morgan fingerprint density at radius 2 is 1.03 bits per heavy atom. The van der Waals surface area contributed by atoms with Gasteiger partial charge in [-0.05, 0) is 69.2 Å². The molecule has 0 N–H and O–H groups in total. The standard InChI is InChI=1S/2C23H21.C7H5Cl2FSi.Zr/c2*1-16(2)19-14-18-9-4-6-12-22(23(18)15-19)21-13-7-10-17-8-3-5-11-20(17)21;8-7(9)11-6-3-1-5(10)2-4-6;/h2*3-11,13,15-16,22H,12H2,1-2H3;1-4,7H;/q2*-1;;+2. The number of rotatable bonds is 6. The molecule has 0 aromatic heterocycles. The molecule has 9 rings (SSSR count). The van der Waals surface area contributed by atoms with Crippen molar-refractivity contribution < 1.29 is 27.7 Å². The van der Waals surface area contributed by atoms with Crippen LogP contribution in [0.2, 0.25) is 0 Å². The van der Waals surface area contributed by atoms with Crippen molar-refractivity contribution in [1.82, 2.24) is 0 Å². The van der Waals surface area contributed by atoms with Gasteiger partial charge in [0.15, 0.2) is 0 Å². The molecular weight excluding hydrogens is 846 g/mol. The number of fused-ring (bicyclic) bond motifs is 4. The molecule has 5 aromatic carbocycles. The van der Waals surface area contributed by atoms with E-state index in [4.69, 9.17) is 23.2 Å². The molecule has 0 saturated carbocycles. The average molecular weight is 893 g/mol. The molecule has 0 heterocycles. The van der Waals surface area contributed by atoms with E-state index in [2.05, 4.69) is 173 Å². The van der Waals surface area contributed by atoms with Gasteiger partial charge in [0.05, 0.1) is 0 Å². The summed E-state index contributed by atoms with van der Waals surface area (Å²) >= 11 is 12.8. The van der Waals surface area contributed by atoms with Gasteiger partial charge >= 0.3 is 96.1 Å². The summed E-state index contributed by atoms with van der Waals surface area (Å²) < 4.78 is 12.2. The van der Waals surface area contributed by atoms with Crippen molar-refractivity contribution in [2.45, 2.75) is 56.8 Å². The molecule has 0 nitrogen and oxygen atoms in total. The first-order valence-electron chi connectivity index (χ1n) is 20.1. The van der Waals surface area contributed by atoms with Crippen LogP contribution in [0.15, 0.2) is 191 Å². The summed E-state index contributed by atoms with van der Waals surface area (Å²) in [6.07, 6.45) is 27.4. The zero-order valence-electron chi connectivity index (χ0n) is 33.4. The zero-order valence-corrected chi connectivity index (χ0v) is 38.4. The number of hydrogen-bond donors (Lipinski definition) is 0. The van der Waals surface area contributed by atoms with E-state index >= 15 is 0 Å². The second-order valence-corrected chi connectivity index (χ2v) is 23.4. The molecule has 0 aliphatic heterocycles. The summed E-state index contributed by atoms with van der Waals surface area (Å²) in [6.45, 7) is 8.98. The first-order chi connectivity index (χ1) is 28.1. The van der Waals surface area contributed by atoms with Gasteiger partial charge in [-0.25, -0.2) is 0 Å². The number of hydrogen-bond acceptors (Lipinski definition) is 0. The second-order valence-electron chi connectivity index (χ2n) is 15.6. The molecule has 0 fully saturated rings. The van der Waals surface area contributed by atoms with Crippen molar-refractivity contribution in [2.24, 2.45) is 11.8 Å². The summed E-state index contributed by atoms with van der Waals surface area (Å²) in [5.74, 6) is 1.65. The predicted molar refractivity (Wildman–Crippen MR) is 244 cm³/mol. The third-order valence-electron chi connectivity index (χ3n) is 11.1. The van der Waals surface area contributed by atoms with Gasteiger partial charge in [-0.1, -0.05) is 125 Å². The van der Waals surface area contributed by atoms with Crippen molar-refractivity contribution in [3.8, 4) is 0 Å². The quantitative estimate of drug-likeness (QED) is 0.0905. The van der Waals surface area contributed by atoms with E-state index in [1.807, 2.05) is 0 Å². The topological polar surface area (TPSA) is 0 Å². The van der Waals surface area contributed by atoms with Crippen LogP contribution in [0.25, 0.3) is 21.5 Å². The Morgan fingerprint density at radius 3 is 1.47 bits per heavy atom. The van der Waals surface area contributed by atoms with Crippen molar-refractivity contribution in [1.29, 1.82) is 0 Å².